The van der Waals surface area contributed by atoms with Gasteiger partial charge in [0.15, 0.2) is 5.78 Å². The van der Waals surface area contributed by atoms with E-state index in [1.165, 1.54) is 11.1 Å². The quantitative estimate of drug-likeness (QED) is 0.706. The second-order valence-corrected chi connectivity index (χ2v) is 6.35. The summed E-state index contributed by atoms with van der Waals surface area (Å²) in [6.07, 6.45) is 5.78. The number of carbonyl (C=O) groups excluding carboxylic acids is 1. The number of carbonyl (C=O) groups is 1. The molecule has 1 nitrogen and oxygen atoms in total. The highest BCUT2D eigenvalue weighted by Crippen LogP contribution is 2.28. The minimum absolute atomic E-state index is 0.00444. The molecule has 0 radical (unpaired) electrons. The van der Waals surface area contributed by atoms with E-state index in [0.717, 1.165) is 17.5 Å². The van der Waals surface area contributed by atoms with Gasteiger partial charge in [0.25, 0.3) is 0 Å². The SMILES string of the molecule is CC1=CCC(CC(=O)c2ccccc2C(C)(C)C)=C1. The van der Waals surface area contributed by atoms with Gasteiger partial charge in [-0.15, -0.1) is 0 Å². The molecule has 0 atom stereocenters. The maximum Gasteiger partial charge on any atom is 0.167 e. The Hall–Kier alpha value is -1.63. The molecule has 0 aliphatic heterocycles. The Balaban J connectivity index is 2.23. The molecule has 1 aromatic rings. The molecule has 0 aromatic heterocycles. The number of ketones is 1. The molecule has 0 heterocycles. The van der Waals surface area contributed by atoms with Crippen molar-refractivity contribution >= 4 is 5.78 Å². The Bertz CT molecular complexity index is 553. The van der Waals surface area contributed by atoms with Crippen LogP contribution in [0.1, 0.15) is 56.5 Å². The van der Waals surface area contributed by atoms with Crippen molar-refractivity contribution in [2.24, 2.45) is 0 Å². The first kappa shape index (κ1) is 13.8. The molecule has 100 valence electrons. The van der Waals surface area contributed by atoms with Crippen molar-refractivity contribution < 1.29 is 4.79 Å². The van der Waals surface area contributed by atoms with Crippen LogP contribution in [-0.2, 0) is 5.41 Å². The number of allylic oxidation sites excluding steroid dienone is 4. The molecule has 0 spiro atoms. The summed E-state index contributed by atoms with van der Waals surface area (Å²) in [5.41, 5.74) is 4.52. The van der Waals surface area contributed by atoms with Crippen LogP contribution in [0.4, 0.5) is 0 Å². The summed E-state index contributed by atoms with van der Waals surface area (Å²) in [6, 6.07) is 7.99. The lowest BCUT2D eigenvalue weighted by Gasteiger charge is -2.22. The van der Waals surface area contributed by atoms with E-state index in [1.807, 2.05) is 18.2 Å². The van der Waals surface area contributed by atoms with Gasteiger partial charge in [0.1, 0.15) is 0 Å². The predicted molar refractivity (Wildman–Crippen MR) is 80.5 cm³/mol. The van der Waals surface area contributed by atoms with Crippen molar-refractivity contribution in [3.8, 4) is 0 Å². The standard InChI is InChI=1S/C18H22O/c1-13-9-10-14(11-13)12-17(19)15-7-5-6-8-16(15)18(2,3)4/h5-9,11H,10,12H2,1-4H3. The van der Waals surface area contributed by atoms with Gasteiger partial charge in [0.2, 0.25) is 0 Å². The first-order valence-electron chi connectivity index (χ1n) is 6.87. The second-order valence-electron chi connectivity index (χ2n) is 6.35. The highest BCUT2D eigenvalue weighted by atomic mass is 16.1. The maximum atomic E-state index is 12.5. The van der Waals surface area contributed by atoms with Crippen LogP contribution in [0.2, 0.25) is 0 Å². The average molecular weight is 254 g/mol. The van der Waals surface area contributed by atoms with Crippen LogP contribution in [-0.4, -0.2) is 5.78 Å². The fourth-order valence-corrected chi connectivity index (χ4v) is 2.54. The van der Waals surface area contributed by atoms with E-state index >= 15 is 0 Å². The summed E-state index contributed by atoms with van der Waals surface area (Å²) in [7, 11) is 0. The lowest BCUT2D eigenvalue weighted by Crippen LogP contribution is -2.17. The fourth-order valence-electron chi connectivity index (χ4n) is 2.54. The van der Waals surface area contributed by atoms with Crippen molar-refractivity contribution in [3.05, 3.63) is 58.7 Å². The number of Topliss-reactive ketones (excluding diaryl/α,β-unsaturated/α-hetero) is 1. The third-order valence-corrected chi connectivity index (χ3v) is 3.54. The zero-order valence-corrected chi connectivity index (χ0v) is 12.3. The number of benzene rings is 1. The first-order chi connectivity index (χ1) is 8.88. The molecule has 1 aliphatic rings. The minimum atomic E-state index is 0.00444. The third-order valence-electron chi connectivity index (χ3n) is 3.54. The van der Waals surface area contributed by atoms with Gasteiger partial charge in [-0.1, -0.05) is 68.3 Å². The van der Waals surface area contributed by atoms with Gasteiger partial charge in [0.05, 0.1) is 0 Å². The molecule has 0 amide bonds. The molecule has 0 fully saturated rings. The van der Waals surface area contributed by atoms with Gasteiger partial charge < -0.3 is 0 Å². The van der Waals surface area contributed by atoms with E-state index in [9.17, 15) is 4.79 Å². The van der Waals surface area contributed by atoms with Crippen LogP contribution in [0, 0.1) is 0 Å². The number of rotatable bonds is 3. The third kappa shape index (κ3) is 3.23. The topological polar surface area (TPSA) is 17.1 Å². The highest BCUT2D eigenvalue weighted by Gasteiger charge is 2.21. The summed E-state index contributed by atoms with van der Waals surface area (Å²) < 4.78 is 0. The fraction of sp³-hybridized carbons (Fsp3) is 0.389. The molecular weight excluding hydrogens is 232 g/mol. The molecule has 0 N–H and O–H groups in total. The van der Waals surface area contributed by atoms with E-state index in [1.54, 1.807) is 0 Å². The van der Waals surface area contributed by atoms with Crippen LogP contribution in [0.5, 0.6) is 0 Å². The Morgan fingerprint density at radius 3 is 2.47 bits per heavy atom. The van der Waals surface area contributed by atoms with Gasteiger partial charge in [0, 0.05) is 12.0 Å². The number of hydrogen-bond donors (Lipinski definition) is 0. The Labute approximate surface area is 116 Å². The zero-order valence-electron chi connectivity index (χ0n) is 12.3. The predicted octanol–water partition coefficient (Wildman–Crippen LogP) is 4.83. The smallest absolute Gasteiger partial charge is 0.167 e. The molecule has 1 aliphatic carbocycles. The van der Waals surface area contributed by atoms with Crippen LogP contribution in [0.3, 0.4) is 0 Å². The Kier molecular flexibility index (Phi) is 3.75. The largest absolute Gasteiger partial charge is 0.294 e. The van der Waals surface area contributed by atoms with E-state index in [2.05, 4.69) is 45.9 Å². The van der Waals surface area contributed by atoms with Crippen molar-refractivity contribution in [1.29, 1.82) is 0 Å². The molecule has 19 heavy (non-hydrogen) atoms. The van der Waals surface area contributed by atoms with Crippen molar-refractivity contribution in [2.45, 2.75) is 46.0 Å². The van der Waals surface area contributed by atoms with Gasteiger partial charge >= 0.3 is 0 Å². The molecule has 0 unspecified atom stereocenters. The van der Waals surface area contributed by atoms with Crippen LogP contribution in [0.25, 0.3) is 0 Å². The monoisotopic (exact) mass is 254 g/mol. The van der Waals surface area contributed by atoms with Crippen molar-refractivity contribution in [1.82, 2.24) is 0 Å². The van der Waals surface area contributed by atoms with Crippen molar-refractivity contribution in [2.75, 3.05) is 0 Å². The van der Waals surface area contributed by atoms with E-state index in [-0.39, 0.29) is 11.2 Å². The molecule has 0 saturated carbocycles. The molecule has 0 saturated heterocycles. The van der Waals surface area contributed by atoms with E-state index < -0.39 is 0 Å². The van der Waals surface area contributed by atoms with Crippen LogP contribution >= 0.6 is 0 Å². The van der Waals surface area contributed by atoms with Gasteiger partial charge in [-0.2, -0.15) is 0 Å². The zero-order chi connectivity index (χ0) is 14.0. The van der Waals surface area contributed by atoms with E-state index in [4.69, 9.17) is 0 Å². The molecule has 1 aromatic carbocycles. The molecule has 0 bridgehead atoms. The molecular formula is C18H22O. The first-order valence-corrected chi connectivity index (χ1v) is 6.87. The summed E-state index contributed by atoms with van der Waals surface area (Å²) >= 11 is 0. The van der Waals surface area contributed by atoms with Gasteiger partial charge in [-0.05, 0) is 24.3 Å². The molecule has 2 rings (SSSR count). The Morgan fingerprint density at radius 2 is 1.89 bits per heavy atom. The van der Waals surface area contributed by atoms with Crippen LogP contribution in [0.15, 0.2) is 47.6 Å². The van der Waals surface area contributed by atoms with Crippen molar-refractivity contribution in [3.63, 3.8) is 0 Å². The summed E-state index contributed by atoms with van der Waals surface area (Å²) in [5, 5.41) is 0. The normalized spacial score (nSPS) is 15.2. The summed E-state index contributed by atoms with van der Waals surface area (Å²) in [5.74, 6) is 0.236. The summed E-state index contributed by atoms with van der Waals surface area (Å²) in [6.45, 7) is 8.54. The maximum absolute atomic E-state index is 12.5. The lowest BCUT2D eigenvalue weighted by atomic mass is 9.82. The van der Waals surface area contributed by atoms with Crippen LogP contribution < -0.4 is 0 Å². The second kappa shape index (κ2) is 5.16. The van der Waals surface area contributed by atoms with E-state index in [0.29, 0.717) is 6.42 Å². The molecule has 1 heteroatoms. The lowest BCUT2D eigenvalue weighted by molar-refractivity contribution is 0.0990. The van der Waals surface area contributed by atoms with Gasteiger partial charge in [-0.3, -0.25) is 4.79 Å². The van der Waals surface area contributed by atoms with Gasteiger partial charge in [-0.25, -0.2) is 0 Å². The summed E-state index contributed by atoms with van der Waals surface area (Å²) in [4.78, 5) is 12.5. The minimum Gasteiger partial charge on any atom is -0.294 e. The Morgan fingerprint density at radius 1 is 1.21 bits per heavy atom. The highest BCUT2D eigenvalue weighted by molar-refractivity contribution is 5.99. The average Bonchev–Trinajstić information content (AvgIpc) is 2.73. The number of hydrogen-bond acceptors (Lipinski definition) is 1.